The van der Waals surface area contributed by atoms with Crippen molar-refractivity contribution in [2.45, 2.75) is 63.7 Å². The van der Waals surface area contributed by atoms with E-state index < -0.39 is 0 Å². The molecule has 0 radical (unpaired) electrons. The van der Waals surface area contributed by atoms with Crippen molar-refractivity contribution in [2.75, 3.05) is 0 Å². The minimum absolute atomic E-state index is 0.133. The molecule has 1 saturated heterocycles. The maximum Gasteiger partial charge on any atom is 0.176 e. The third-order valence-electron chi connectivity index (χ3n) is 4.44. The van der Waals surface area contributed by atoms with Crippen molar-refractivity contribution in [2.24, 2.45) is 0 Å². The summed E-state index contributed by atoms with van der Waals surface area (Å²) in [6.45, 7) is 2.45. The van der Waals surface area contributed by atoms with Crippen molar-refractivity contribution in [3.63, 3.8) is 0 Å². The SMILES string of the molecule is CC(=O)c1cccn1CC1CCC2(CCCC2)O1. The van der Waals surface area contributed by atoms with Gasteiger partial charge < -0.3 is 9.30 Å². The molecule has 18 heavy (non-hydrogen) atoms. The van der Waals surface area contributed by atoms with Gasteiger partial charge in [-0.2, -0.15) is 0 Å². The van der Waals surface area contributed by atoms with Gasteiger partial charge in [-0.05, 0) is 37.8 Å². The summed E-state index contributed by atoms with van der Waals surface area (Å²) in [5.41, 5.74) is 0.986. The average molecular weight is 247 g/mol. The molecule has 1 atom stereocenters. The number of hydrogen-bond donors (Lipinski definition) is 0. The monoisotopic (exact) mass is 247 g/mol. The Morgan fingerprint density at radius 1 is 1.44 bits per heavy atom. The second kappa shape index (κ2) is 4.54. The highest BCUT2D eigenvalue weighted by Gasteiger charge is 2.42. The number of hydrogen-bond acceptors (Lipinski definition) is 2. The van der Waals surface area contributed by atoms with E-state index >= 15 is 0 Å². The molecule has 1 aromatic heterocycles. The zero-order valence-electron chi connectivity index (χ0n) is 11.0. The Bertz CT molecular complexity index is 443. The van der Waals surface area contributed by atoms with Gasteiger partial charge in [0.2, 0.25) is 0 Å². The van der Waals surface area contributed by atoms with Crippen LogP contribution in [0, 0.1) is 0 Å². The van der Waals surface area contributed by atoms with Crippen LogP contribution in [0.2, 0.25) is 0 Å². The Labute approximate surface area is 108 Å². The smallest absolute Gasteiger partial charge is 0.176 e. The molecule has 1 aliphatic heterocycles. The van der Waals surface area contributed by atoms with E-state index in [0.717, 1.165) is 18.7 Å². The van der Waals surface area contributed by atoms with Crippen LogP contribution in [0.25, 0.3) is 0 Å². The molecule has 0 aromatic carbocycles. The molecule has 2 fully saturated rings. The fourth-order valence-corrected chi connectivity index (χ4v) is 3.52. The summed E-state index contributed by atoms with van der Waals surface area (Å²) in [7, 11) is 0. The van der Waals surface area contributed by atoms with Crippen LogP contribution in [0.3, 0.4) is 0 Å². The molecule has 2 heterocycles. The number of nitrogens with zero attached hydrogens (tertiary/aromatic N) is 1. The molecule has 1 spiro atoms. The maximum atomic E-state index is 11.5. The average Bonchev–Trinajstić information content (AvgIpc) is 3.03. The number of carbonyl (C=O) groups excluding carboxylic acids is 1. The van der Waals surface area contributed by atoms with Gasteiger partial charge in [-0.3, -0.25) is 4.79 Å². The summed E-state index contributed by atoms with van der Waals surface area (Å²) in [6, 6.07) is 3.83. The molecule has 3 nitrogen and oxygen atoms in total. The summed E-state index contributed by atoms with van der Waals surface area (Å²) in [5, 5.41) is 0. The Morgan fingerprint density at radius 3 is 2.94 bits per heavy atom. The molecular formula is C15H21NO2. The topological polar surface area (TPSA) is 31.2 Å². The zero-order valence-corrected chi connectivity index (χ0v) is 11.0. The van der Waals surface area contributed by atoms with Crippen LogP contribution in [-0.2, 0) is 11.3 Å². The standard InChI is InChI=1S/C15H21NO2/c1-12(17)14-5-4-10-16(14)11-13-6-9-15(18-13)7-2-3-8-15/h4-5,10,13H,2-3,6-9,11H2,1H3. The fraction of sp³-hybridized carbons (Fsp3) is 0.667. The van der Waals surface area contributed by atoms with Crippen LogP contribution in [0.15, 0.2) is 18.3 Å². The zero-order chi connectivity index (χ0) is 12.6. The number of Topliss-reactive ketones (excluding diaryl/α,β-unsaturated/α-hetero) is 1. The molecule has 1 aromatic rings. The van der Waals surface area contributed by atoms with E-state index in [-0.39, 0.29) is 17.5 Å². The lowest BCUT2D eigenvalue weighted by atomic mass is 9.98. The summed E-state index contributed by atoms with van der Waals surface area (Å²) in [6.07, 6.45) is 9.70. The van der Waals surface area contributed by atoms with Gasteiger partial charge in [0.1, 0.15) is 0 Å². The van der Waals surface area contributed by atoms with Crippen molar-refractivity contribution < 1.29 is 9.53 Å². The summed E-state index contributed by atoms with van der Waals surface area (Å²) < 4.78 is 8.33. The van der Waals surface area contributed by atoms with Crippen LogP contribution in [0.4, 0.5) is 0 Å². The van der Waals surface area contributed by atoms with E-state index in [0.29, 0.717) is 0 Å². The van der Waals surface area contributed by atoms with Crippen LogP contribution in [0.1, 0.15) is 55.9 Å². The van der Waals surface area contributed by atoms with Gasteiger partial charge in [-0.1, -0.05) is 12.8 Å². The Balaban J connectivity index is 1.67. The van der Waals surface area contributed by atoms with E-state index in [2.05, 4.69) is 0 Å². The molecule has 0 amide bonds. The first kappa shape index (κ1) is 12.0. The van der Waals surface area contributed by atoms with Crippen LogP contribution >= 0.6 is 0 Å². The quantitative estimate of drug-likeness (QED) is 0.768. The highest BCUT2D eigenvalue weighted by Crippen LogP contribution is 2.43. The molecule has 1 unspecified atom stereocenters. The minimum Gasteiger partial charge on any atom is -0.370 e. The third-order valence-corrected chi connectivity index (χ3v) is 4.44. The van der Waals surface area contributed by atoms with E-state index in [1.54, 1.807) is 6.92 Å². The normalized spacial score (nSPS) is 25.9. The lowest BCUT2D eigenvalue weighted by Crippen LogP contribution is -2.27. The van der Waals surface area contributed by atoms with Gasteiger partial charge in [0, 0.05) is 19.7 Å². The predicted molar refractivity (Wildman–Crippen MR) is 69.7 cm³/mol. The van der Waals surface area contributed by atoms with Crippen molar-refractivity contribution in [3.8, 4) is 0 Å². The number of ketones is 1. The van der Waals surface area contributed by atoms with Crippen molar-refractivity contribution >= 4 is 5.78 Å². The summed E-state index contributed by atoms with van der Waals surface area (Å²) >= 11 is 0. The Kier molecular flexibility index (Phi) is 3.02. The van der Waals surface area contributed by atoms with Crippen molar-refractivity contribution in [3.05, 3.63) is 24.0 Å². The second-order valence-electron chi connectivity index (χ2n) is 5.77. The lowest BCUT2D eigenvalue weighted by molar-refractivity contribution is -0.0418. The largest absolute Gasteiger partial charge is 0.370 e. The molecule has 0 N–H and O–H groups in total. The van der Waals surface area contributed by atoms with Gasteiger partial charge in [-0.25, -0.2) is 0 Å². The van der Waals surface area contributed by atoms with Crippen LogP contribution < -0.4 is 0 Å². The highest BCUT2D eigenvalue weighted by atomic mass is 16.5. The molecule has 1 aliphatic carbocycles. The summed E-state index contributed by atoms with van der Waals surface area (Å²) in [5.74, 6) is 0.133. The van der Waals surface area contributed by atoms with Crippen molar-refractivity contribution in [1.82, 2.24) is 4.57 Å². The van der Waals surface area contributed by atoms with E-state index in [1.165, 1.54) is 32.1 Å². The molecule has 3 heteroatoms. The lowest BCUT2D eigenvalue weighted by Gasteiger charge is -2.24. The van der Waals surface area contributed by atoms with E-state index in [9.17, 15) is 4.79 Å². The molecule has 3 rings (SSSR count). The van der Waals surface area contributed by atoms with Crippen molar-refractivity contribution in [1.29, 1.82) is 0 Å². The van der Waals surface area contributed by atoms with Gasteiger partial charge in [0.15, 0.2) is 5.78 Å². The minimum atomic E-state index is 0.133. The number of aromatic nitrogens is 1. The van der Waals surface area contributed by atoms with Gasteiger partial charge in [-0.15, -0.1) is 0 Å². The third kappa shape index (κ3) is 2.12. The number of rotatable bonds is 3. The van der Waals surface area contributed by atoms with Gasteiger partial charge >= 0.3 is 0 Å². The molecule has 0 bridgehead atoms. The first-order chi connectivity index (χ1) is 8.69. The van der Waals surface area contributed by atoms with E-state index in [4.69, 9.17) is 4.74 Å². The maximum absolute atomic E-state index is 11.5. The first-order valence-corrected chi connectivity index (χ1v) is 7.02. The van der Waals surface area contributed by atoms with E-state index in [1.807, 2.05) is 22.9 Å². The number of ether oxygens (including phenoxy) is 1. The van der Waals surface area contributed by atoms with Crippen LogP contribution in [0.5, 0.6) is 0 Å². The molecule has 98 valence electrons. The predicted octanol–water partition coefficient (Wildman–Crippen LogP) is 3.18. The van der Waals surface area contributed by atoms with Gasteiger partial charge in [0.05, 0.1) is 17.4 Å². The Morgan fingerprint density at radius 2 is 2.22 bits per heavy atom. The fourth-order valence-electron chi connectivity index (χ4n) is 3.52. The van der Waals surface area contributed by atoms with Gasteiger partial charge in [0.25, 0.3) is 0 Å². The highest BCUT2D eigenvalue weighted by molar-refractivity contribution is 5.92. The molecule has 1 saturated carbocycles. The molecular weight excluding hydrogens is 226 g/mol. The summed E-state index contributed by atoms with van der Waals surface area (Å²) in [4.78, 5) is 11.5. The van der Waals surface area contributed by atoms with Crippen LogP contribution in [-0.4, -0.2) is 22.1 Å². The Hall–Kier alpha value is -1.09. The first-order valence-electron chi connectivity index (χ1n) is 7.02. The number of carbonyl (C=O) groups is 1. The second-order valence-corrected chi connectivity index (χ2v) is 5.77. The molecule has 2 aliphatic rings.